The van der Waals surface area contributed by atoms with Crippen LogP contribution in [0.25, 0.3) is 0 Å². The number of hydrogen-bond donors (Lipinski definition) is 1. The number of carbonyl (C=O) groups excluding carboxylic acids is 1. The molecule has 1 N–H and O–H groups in total. The average molecular weight is 438 g/mol. The Morgan fingerprint density at radius 1 is 1.10 bits per heavy atom. The number of benzene rings is 2. The van der Waals surface area contributed by atoms with E-state index in [1.54, 1.807) is 13.0 Å². The monoisotopic (exact) mass is 437 g/mol. The van der Waals surface area contributed by atoms with Gasteiger partial charge in [-0.1, -0.05) is 24.3 Å². The lowest BCUT2D eigenvalue weighted by Gasteiger charge is -2.31. The van der Waals surface area contributed by atoms with Crippen LogP contribution in [0.3, 0.4) is 0 Å². The Hall–Kier alpha value is -2.69. The van der Waals surface area contributed by atoms with Crippen LogP contribution in [0.1, 0.15) is 42.4 Å². The van der Waals surface area contributed by atoms with E-state index in [0.29, 0.717) is 36.5 Å². The number of anilines is 1. The van der Waals surface area contributed by atoms with Crippen molar-refractivity contribution in [3.8, 4) is 6.07 Å². The van der Waals surface area contributed by atoms with Gasteiger partial charge in [0.25, 0.3) is 0 Å². The molecule has 2 fully saturated rings. The summed E-state index contributed by atoms with van der Waals surface area (Å²) in [7, 11) is -3.56. The van der Waals surface area contributed by atoms with Crippen LogP contribution >= 0.6 is 0 Å². The van der Waals surface area contributed by atoms with Crippen LogP contribution in [0.4, 0.5) is 5.69 Å². The minimum atomic E-state index is -3.56. The second-order valence-corrected chi connectivity index (χ2v) is 10.6. The van der Waals surface area contributed by atoms with Gasteiger partial charge in [0, 0.05) is 24.7 Å². The lowest BCUT2D eigenvalue weighted by atomic mass is 9.96. The number of piperidine rings is 1. The maximum absolute atomic E-state index is 13.1. The lowest BCUT2D eigenvalue weighted by Crippen LogP contribution is -2.41. The van der Waals surface area contributed by atoms with E-state index < -0.39 is 10.0 Å². The van der Waals surface area contributed by atoms with E-state index in [0.717, 1.165) is 29.5 Å². The van der Waals surface area contributed by atoms with E-state index in [-0.39, 0.29) is 17.2 Å². The van der Waals surface area contributed by atoms with Gasteiger partial charge in [-0.2, -0.15) is 9.57 Å². The first-order valence-corrected chi connectivity index (χ1v) is 12.1. The molecule has 1 saturated heterocycles. The highest BCUT2D eigenvalue weighted by molar-refractivity contribution is 7.89. The van der Waals surface area contributed by atoms with Crippen molar-refractivity contribution in [3.05, 3.63) is 59.2 Å². The van der Waals surface area contributed by atoms with Gasteiger partial charge in [-0.3, -0.25) is 4.79 Å². The molecule has 0 aromatic heterocycles. The third-order valence-electron chi connectivity index (χ3n) is 6.46. The van der Waals surface area contributed by atoms with Gasteiger partial charge in [-0.05, 0) is 74.4 Å². The van der Waals surface area contributed by atoms with Gasteiger partial charge in [0.1, 0.15) is 0 Å². The Labute approximate surface area is 183 Å². The third kappa shape index (κ3) is 4.23. The number of amides is 1. The molecule has 2 aromatic rings. The van der Waals surface area contributed by atoms with Gasteiger partial charge in [-0.15, -0.1) is 0 Å². The van der Waals surface area contributed by atoms with E-state index in [1.807, 2.05) is 43.3 Å². The molecule has 0 bridgehead atoms. The maximum Gasteiger partial charge on any atom is 0.243 e. The molecule has 6 nitrogen and oxygen atoms in total. The summed E-state index contributed by atoms with van der Waals surface area (Å²) in [5, 5.41) is 12.2. The molecule has 2 aromatic carbocycles. The highest BCUT2D eigenvalue weighted by Crippen LogP contribution is 2.47. The van der Waals surface area contributed by atoms with Crippen LogP contribution in [0.5, 0.6) is 0 Å². The molecule has 2 aliphatic rings. The molecule has 1 saturated carbocycles. The molecular weight excluding hydrogens is 410 g/mol. The fourth-order valence-electron chi connectivity index (χ4n) is 4.19. The molecule has 31 heavy (non-hydrogen) atoms. The Balaban J connectivity index is 1.37. The number of nitrogens with zero attached hydrogens (tertiary/aromatic N) is 2. The van der Waals surface area contributed by atoms with Crippen LogP contribution in [0.2, 0.25) is 0 Å². The van der Waals surface area contributed by atoms with Crippen LogP contribution in [-0.2, 0) is 20.2 Å². The zero-order valence-corrected chi connectivity index (χ0v) is 18.7. The van der Waals surface area contributed by atoms with Crippen molar-refractivity contribution >= 4 is 21.6 Å². The SMILES string of the molecule is Cc1ccc(C)c(S(=O)(=O)N2CCC(C(=O)Nc3ccc(C4(C#N)CC4)cc3)CC2)c1. The fraction of sp³-hybridized carbons (Fsp3) is 0.417. The molecule has 4 rings (SSSR count). The predicted octanol–water partition coefficient (Wildman–Crippen LogP) is 3.90. The molecule has 1 aliphatic heterocycles. The summed E-state index contributed by atoms with van der Waals surface area (Å²) in [4.78, 5) is 13.1. The summed E-state index contributed by atoms with van der Waals surface area (Å²) in [5.74, 6) is -0.309. The Kier molecular flexibility index (Phi) is 5.63. The van der Waals surface area contributed by atoms with Gasteiger partial charge in [-0.25, -0.2) is 8.42 Å². The first-order valence-electron chi connectivity index (χ1n) is 10.7. The molecule has 1 aliphatic carbocycles. The smallest absolute Gasteiger partial charge is 0.243 e. The number of nitrogens with one attached hydrogen (secondary N) is 1. The van der Waals surface area contributed by atoms with Gasteiger partial charge in [0.15, 0.2) is 0 Å². The summed E-state index contributed by atoms with van der Waals surface area (Å²) in [5.41, 5.74) is 3.01. The minimum absolute atomic E-state index is 0.0852. The van der Waals surface area contributed by atoms with Gasteiger partial charge in [0.05, 0.1) is 16.4 Å². The van der Waals surface area contributed by atoms with Gasteiger partial charge < -0.3 is 5.32 Å². The topological polar surface area (TPSA) is 90.3 Å². The summed E-state index contributed by atoms with van der Waals surface area (Å²) >= 11 is 0. The van der Waals surface area contributed by atoms with E-state index in [4.69, 9.17) is 0 Å². The Bertz CT molecular complexity index is 1140. The second-order valence-electron chi connectivity index (χ2n) is 8.71. The third-order valence-corrected chi connectivity index (χ3v) is 8.50. The van der Waals surface area contributed by atoms with E-state index in [2.05, 4.69) is 11.4 Å². The standard InChI is InChI=1S/C24H27N3O3S/c1-17-3-4-18(2)22(15-17)31(29,30)27-13-9-19(10-14-27)23(28)26-21-7-5-20(6-8-21)24(16-25)11-12-24/h3-8,15,19H,9-14H2,1-2H3,(H,26,28). The Morgan fingerprint density at radius 3 is 2.32 bits per heavy atom. The highest BCUT2D eigenvalue weighted by atomic mass is 32.2. The van der Waals surface area contributed by atoms with Crippen LogP contribution < -0.4 is 5.32 Å². The molecule has 7 heteroatoms. The molecular formula is C24H27N3O3S. The highest BCUT2D eigenvalue weighted by Gasteiger charge is 2.44. The molecule has 1 amide bonds. The second kappa shape index (κ2) is 8.10. The van der Waals surface area contributed by atoms with Crippen molar-refractivity contribution in [2.75, 3.05) is 18.4 Å². The summed E-state index contributed by atoms with van der Waals surface area (Å²) in [6.45, 7) is 4.35. The number of rotatable bonds is 5. The number of aryl methyl sites for hydroxylation is 2. The lowest BCUT2D eigenvalue weighted by molar-refractivity contribution is -0.120. The van der Waals surface area contributed by atoms with Crippen molar-refractivity contribution in [1.82, 2.24) is 4.31 Å². The molecule has 0 spiro atoms. The predicted molar refractivity (Wildman–Crippen MR) is 119 cm³/mol. The Morgan fingerprint density at radius 2 is 1.74 bits per heavy atom. The summed E-state index contributed by atoms with van der Waals surface area (Å²) in [6, 6.07) is 15.3. The van der Waals surface area contributed by atoms with Crippen molar-refractivity contribution < 1.29 is 13.2 Å². The summed E-state index contributed by atoms with van der Waals surface area (Å²) in [6.07, 6.45) is 2.76. The minimum Gasteiger partial charge on any atom is -0.326 e. The maximum atomic E-state index is 13.1. The molecule has 0 unspecified atom stereocenters. The first-order chi connectivity index (χ1) is 14.7. The van der Waals surface area contributed by atoms with E-state index in [9.17, 15) is 18.5 Å². The van der Waals surface area contributed by atoms with Crippen molar-refractivity contribution in [2.24, 2.45) is 5.92 Å². The van der Waals surface area contributed by atoms with Crippen molar-refractivity contribution in [1.29, 1.82) is 5.26 Å². The van der Waals surface area contributed by atoms with E-state index >= 15 is 0 Å². The van der Waals surface area contributed by atoms with Crippen LogP contribution in [0.15, 0.2) is 47.4 Å². The summed E-state index contributed by atoms with van der Waals surface area (Å²) < 4.78 is 27.6. The van der Waals surface area contributed by atoms with Crippen molar-refractivity contribution in [2.45, 2.75) is 49.8 Å². The van der Waals surface area contributed by atoms with Crippen molar-refractivity contribution in [3.63, 3.8) is 0 Å². The fourth-order valence-corrected chi connectivity index (χ4v) is 5.97. The number of hydrogen-bond acceptors (Lipinski definition) is 4. The molecule has 0 atom stereocenters. The zero-order chi connectivity index (χ0) is 22.2. The normalized spacial score (nSPS) is 18.9. The average Bonchev–Trinajstić information content (AvgIpc) is 3.57. The first kappa shape index (κ1) is 21.5. The van der Waals surface area contributed by atoms with Crippen LogP contribution in [-0.4, -0.2) is 31.7 Å². The number of sulfonamides is 1. The van der Waals surface area contributed by atoms with E-state index in [1.165, 1.54) is 4.31 Å². The number of carbonyl (C=O) groups is 1. The zero-order valence-electron chi connectivity index (χ0n) is 17.9. The number of nitriles is 1. The quantitative estimate of drug-likeness (QED) is 0.768. The van der Waals surface area contributed by atoms with Gasteiger partial charge >= 0.3 is 0 Å². The molecule has 162 valence electrons. The largest absolute Gasteiger partial charge is 0.326 e. The van der Waals surface area contributed by atoms with Gasteiger partial charge in [0.2, 0.25) is 15.9 Å². The molecule has 1 heterocycles. The van der Waals surface area contributed by atoms with Crippen LogP contribution in [0, 0.1) is 31.1 Å². The molecule has 0 radical (unpaired) electrons.